The molecule has 0 saturated carbocycles. The Hall–Kier alpha value is -0.566. The van der Waals surface area contributed by atoms with E-state index >= 15 is 0 Å². The highest BCUT2D eigenvalue weighted by molar-refractivity contribution is 6.66. The van der Waals surface area contributed by atoms with Crippen LogP contribution < -0.4 is 0 Å². The number of halogens is 12. The average Bonchev–Trinajstić information content (AvgIpc) is 2.75. The van der Waals surface area contributed by atoms with E-state index in [4.69, 9.17) is 17.7 Å². The van der Waals surface area contributed by atoms with Gasteiger partial charge in [-0.15, -0.1) is 0 Å². The Morgan fingerprint density at radius 1 is 0.500 bits per heavy atom. The molecular formula is C22H38F12O4Si2. The minimum Gasteiger partial charge on any atom is -0.395 e. The standard InChI is InChI=1S/C22H38F12O4Si2/c1-9-35-39(7,37-15(3)4)13-11-17(23,24)19(27,28)21(31,32)22(33,34)20(29,30)18(25,26)12-14-40(8,36-10-2)38-16(5)6/h15-16H,9-14H2,1-8H3. The number of hydrogen-bond donors (Lipinski definition) is 0. The van der Waals surface area contributed by atoms with Crippen LogP contribution >= 0.6 is 0 Å². The molecular weight excluding hydrogens is 612 g/mol. The van der Waals surface area contributed by atoms with Crippen LogP contribution in [0.1, 0.15) is 54.4 Å². The van der Waals surface area contributed by atoms with Gasteiger partial charge in [-0.25, -0.2) is 0 Å². The lowest BCUT2D eigenvalue weighted by atomic mass is 9.90. The van der Waals surface area contributed by atoms with Gasteiger partial charge in [0.2, 0.25) is 0 Å². The molecule has 0 N–H and O–H groups in total. The zero-order valence-electron chi connectivity index (χ0n) is 23.6. The Balaban J connectivity index is 6.24. The highest BCUT2D eigenvalue weighted by Gasteiger charge is 2.89. The quantitative estimate of drug-likeness (QED) is 0.104. The van der Waals surface area contributed by atoms with Crippen LogP contribution in [-0.2, 0) is 17.7 Å². The van der Waals surface area contributed by atoms with Crippen molar-refractivity contribution in [2.45, 2.75) is 127 Å². The first kappa shape index (κ1) is 39.4. The van der Waals surface area contributed by atoms with Gasteiger partial charge in [0.05, 0.1) is 0 Å². The van der Waals surface area contributed by atoms with Crippen molar-refractivity contribution in [2.75, 3.05) is 13.2 Å². The molecule has 2 unspecified atom stereocenters. The zero-order chi connectivity index (χ0) is 32.2. The predicted octanol–water partition coefficient (Wildman–Crippen LogP) is 8.65. The Morgan fingerprint density at radius 3 is 0.950 bits per heavy atom. The van der Waals surface area contributed by atoms with Crippen molar-refractivity contribution in [2.24, 2.45) is 0 Å². The largest absolute Gasteiger partial charge is 0.395 e. The van der Waals surface area contributed by atoms with Gasteiger partial charge in [-0.1, -0.05) is 0 Å². The fraction of sp³-hybridized carbons (Fsp3) is 1.00. The Kier molecular flexibility index (Phi) is 13.2. The molecule has 0 rings (SSSR count). The lowest BCUT2D eigenvalue weighted by molar-refractivity contribution is -0.425. The van der Waals surface area contributed by atoms with Crippen LogP contribution in [-0.4, -0.2) is 78.1 Å². The maximum absolute atomic E-state index is 14.4. The van der Waals surface area contributed by atoms with E-state index in [-0.39, 0.29) is 13.2 Å². The molecule has 0 aliphatic heterocycles. The number of rotatable bonds is 19. The first-order valence-corrected chi connectivity index (χ1v) is 17.6. The van der Waals surface area contributed by atoms with Gasteiger partial charge in [-0.05, 0) is 66.7 Å². The van der Waals surface area contributed by atoms with Gasteiger partial charge < -0.3 is 17.7 Å². The normalized spacial score (nSPS) is 17.9. The Labute approximate surface area is 228 Å². The van der Waals surface area contributed by atoms with Crippen LogP contribution in [0, 0.1) is 0 Å². The van der Waals surface area contributed by atoms with Crippen molar-refractivity contribution in [3.8, 4) is 0 Å². The van der Waals surface area contributed by atoms with Crippen molar-refractivity contribution in [3.05, 3.63) is 0 Å². The number of hydrogen-bond acceptors (Lipinski definition) is 4. The summed E-state index contributed by atoms with van der Waals surface area (Å²) in [6.07, 6.45) is -5.87. The van der Waals surface area contributed by atoms with E-state index in [1.165, 1.54) is 41.5 Å². The molecule has 0 bridgehead atoms. The van der Waals surface area contributed by atoms with Gasteiger partial charge in [-0.2, -0.15) is 52.7 Å². The molecule has 242 valence electrons. The van der Waals surface area contributed by atoms with Crippen molar-refractivity contribution < 1.29 is 70.4 Å². The third-order valence-corrected chi connectivity index (χ3v) is 11.8. The molecule has 0 saturated heterocycles. The van der Waals surface area contributed by atoms with Crippen LogP contribution in [0.3, 0.4) is 0 Å². The topological polar surface area (TPSA) is 36.9 Å². The third-order valence-electron chi connectivity index (χ3n) is 5.76. The van der Waals surface area contributed by atoms with Crippen molar-refractivity contribution in [1.29, 1.82) is 0 Å². The van der Waals surface area contributed by atoms with Gasteiger partial charge >= 0.3 is 52.7 Å². The van der Waals surface area contributed by atoms with Crippen LogP contribution in [0.2, 0.25) is 25.2 Å². The van der Waals surface area contributed by atoms with E-state index < -0.39 is 89.8 Å². The van der Waals surface area contributed by atoms with Gasteiger partial charge in [0, 0.05) is 38.3 Å². The molecule has 18 heteroatoms. The van der Waals surface area contributed by atoms with Crippen LogP contribution in [0.5, 0.6) is 0 Å². The second-order valence-corrected chi connectivity index (χ2v) is 16.8. The predicted molar refractivity (Wildman–Crippen MR) is 127 cm³/mol. The first-order chi connectivity index (χ1) is 17.6. The Bertz CT molecular complexity index is 738. The van der Waals surface area contributed by atoms with Gasteiger partial charge in [-0.3, -0.25) is 0 Å². The van der Waals surface area contributed by atoms with Crippen LogP contribution in [0.4, 0.5) is 52.7 Å². The smallest absolute Gasteiger partial charge is 0.384 e. The molecule has 0 spiro atoms. The van der Waals surface area contributed by atoms with E-state index in [9.17, 15) is 52.7 Å². The fourth-order valence-electron chi connectivity index (χ4n) is 3.87. The van der Waals surface area contributed by atoms with Crippen molar-refractivity contribution in [3.63, 3.8) is 0 Å². The molecule has 0 radical (unpaired) electrons. The highest BCUT2D eigenvalue weighted by Crippen LogP contribution is 2.61. The molecule has 0 aliphatic rings. The second-order valence-electron chi connectivity index (χ2n) is 10.2. The van der Waals surface area contributed by atoms with E-state index in [2.05, 4.69) is 0 Å². The van der Waals surface area contributed by atoms with Gasteiger partial charge in [0.25, 0.3) is 0 Å². The molecule has 0 aromatic heterocycles. The summed E-state index contributed by atoms with van der Waals surface area (Å²) in [4.78, 5) is 0. The second kappa shape index (κ2) is 13.4. The molecule has 2 atom stereocenters. The van der Waals surface area contributed by atoms with Gasteiger partial charge in [0.15, 0.2) is 0 Å². The average molecular weight is 651 g/mol. The fourth-order valence-corrected chi connectivity index (χ4v) is 9.29. The van der Waals surface area contributed by atoms with Gasteiger partial charge in [0.1, 0.15) is 0 Å². The third kappa shape index (κ3) is 8.51. The monoisotopic (exact) mass is 650 g/mol. The molecule has 0 fully saturated rings. The summed E-state index contributed by atoms with van der Waals surface area (Å²) in [5.41, 5.74) is 0. The summed E-state index contributed by atoms with van der Waals surface area (Å²) in [5, 5.41) is 0. The molecule has 0 aromatic rings. The van der Waals surface area contributed by atoms with Crippen molar-refractivity contribution >= 4 is 17.1 Å². The van der Waals surface area contributed by atoms with E-state index in [1.54, 1.807) is 0 Å². The molecule has 0 amide bonds. The first-order valence-electron chi connectivity index (χ1n) is 12.5. The van der Waals surface area contributed by atoms with E-state index in [0.29, 0.717) is 0 Å². The number of alkyl halides is 12. The SMILES string of the molecule is CCO[Si](C)(CCC(F)(F)C(F)(F)C(F)(F)C(F)(F)C(F)(F)C(F)(F)CC[Si](C)(OCC)OC(C)C)OC(C)C. The van der Waals surface area contributed by atoms with E-state index in [0.717, 1.165) is 13.1 Å². The molecule has 0 aliphatic carbocycles. The van der Waals surface area contributed by atoms with Crippen molar-refractivity contribution in [1.82, 2.24) is 0 Å². The summed E-state index contributed by atoms with van der Waals surface area (Å²) in [5.74, 6) is -41.7. The molecule has 40 heavy (non-hydrogen) atoms. The Morgan fingerprint density at radius 2 is 0.750 bits per heavy atom. The highest BCUT2D eigenvalue weighted by atomic mass is 28.4. The van der Waals surface area contributed by atoms with Crippen LogP contribution in [0.15, 0.2) is 0 Å². The summed E-state index contributed by atoms with van der Waals surface area (Å²) in [6, 6.07) is -2.27. The van der Waals surface area contributed by atoms with Crippen LogP contribution in [0.25, 0.3) is 0 Å². The lowest BCUT2D eigenvalue weighted by Gasteiger charge is -2.42. The summed E-state index contributed by atoms with van der Waals surface area (Å²) < 4.78 is 194. The maximum atomic E-state index is 14.4. The maximum Gasteiger partial charge on any atom is 0.384 e. The molecule has 0 heterocycles. The summed E-state index contributed by atoms with van der Waals surface area (Å²) in [7, 11) is -7.51. The zero-order valence-corrected chi connectivity index (χ0v) is 25.6. The molecule has 0 aromatic carbocycles. The minimum atomic E-state index is -7.62. The molecule has 4 nitrogen and oxygen atoms in total. The lowest BCUT2D eigenvalue weighted by Crippen LogP contribution is -2.70. The minimum absolute atomic E-state index is 0.166. The summed E-state index contributed by atoms with van der Waals surface area (Å²) >= 11 is 0. The summed E-state index contributed by atoms with van der Waals surface area (Å²) in [6.45, 7) is 10.3. The van der Waals surface area contributed by atoms with E-state index in [1.807, 2.05) is 0 Å².